The summed E-state index contributed by atoms with van der Waals surface area (Å²) in [6, 6.07) is 5.95. The Hall–Kier alpha value is -1.37. The fourth-order valence-electron chi connectivity index (χ4n) is 1.34. The van der Waals surface area contributed by atoms with Crippen molar-refractivity contribution >= 4 is 33.3 Å². The highest BCUT2D eigenvalue weighted by molar-refractivity contribution is 7.87. The Kier molecular flexibility index (Phi) is 4.17. The van der Waals surface area contributed by atoms with Gasteiger partial charge in [0.25, 0.3) is 0 Å². The first-order chi connectivity index (χ1) is 9.29. The van der Waals surface area contributed by atoms with Crippen LogP contribution in [0.1, 0.15) is 0 Å². The van der Waals surface area contributed by atoms with Gasteiger partial charge < -0.3 is 4.18 Å². The fraction of sp³-hybridized carbons (Fsp3) is 0. The number of halogens is 4. The molecule has 0 aliphatic carbocycles. The molecule has 0 aliphatic heterocycles. The highest BCUT2D eigenvalue weighted by Gasteiger charge is 2.19. The molecule has 106 valence electrons. The number of benzene rings is 2. The van der Waals surface area contributed by atoms with E-state index in [1.807, 2.05) is 0 Å². The third-order valence-electron chi connectivity index (χ3n) is 2.28. The lowest BCUT2D eigenvalue weighted by Gasteiger charge is -2.08. The topological polar surface area (TPSA) is 43.4 Å². The maximum absolute atomic E-state index is 13.0. The fourth-order valence-corrected chi connectivity index (χ4v) is 2.56. The van der Waals surface area contributed by atoms with Crippen LogP contribution in [-0.2, 0) is 10.1 Å². The van der Waals surface area contributed by atoms with Gasteiger partial charge in [0, 0.05) is 6.07 Å². The van der Waals surface area contributed by atoms with E-state index in [2.05, 4.69) is 0 Å². The molecule has 0 spiro atoms. The number of rotatable bonds is 3. The van der Waals surface area contributed by atoms with Crippen LogP contribution >= 0.6 is 23.2 Å². The van der Waals surface area contributed by atoms with E-state index in [0.717, 1.165) is 6.07 Å². The molecule has 0 unspecified atom stereocenters. The zero-order valence-corrected chi connectivity index (χ0v) is 11.9. The molecule has 20 heavy (non-hydrogen) atoms. The first-order valence-electron chi connectivity index (χ1n) is 5.14. The molecule has 0 saturated carbocycles. The SMILES string of the molecule is O=S(=O)(Oc1ccc(Cl)c(Cl)c1)c1ccc(F)c(F)c1. The van der Waals surface area contributed by atoms with Crippen LogP contribution in [0.25, 0.3) is 0 Å². The molecule has 0 saturated heterocycles. The van der Waals surface area contributed by atoms with Crippen LogP contribution in [0.4, 0.5) is 8.78 Å². The molecule has 0 aromatic heterocycles. The Balaban J connectivity index is 2.35. The van der Waals surface area contributed by atoms with Crippen LogP contribution in [0.5, 0.6) is 5.75 Å². The summed E-state index contributed by atoms with van der Waals surface area (Å²) >= 11 is 11.4. The van der Waals surface area contributed by atoms with Gasteiger partial charge in [-0.15, -0.1) is 0 Å². The maximum Gasteiger partial charge on any atom is 0.339 e. The lowest BCUT2D eigenvalue weighted by atomic mass is 10.3. The summed E-state index contributed by atoms with van der Waals surface area (Å²) in [4.78, 5) is -0.512. The molecule has 0 heterocycles. The van der Waals surface area contributed by atoms with Gasteiger partial charge in [0.1, 0.15) is 10.6 Å². The van der Waals surface area contributed by atoms with Crippen molar-refractivity contribution in [2.45, 2.75) is 4.90 Å². The van der Waals surface area contributed by atoms with E-state index in [-0.39, 0.29) is 15.8 Å². The van der Waals surface area contributed by atoms with Crippen molar-refractivity contribution in [1.82, 2.24) is 0 Å². The van der Waals surface area contributed by atoms with Crippen LogP contribution in [0.15, 0.2) is 41.3 Å². The normalized spacial score (nSPS) is 11.4. The van der Waals surface area contributed by atoms with E-state index in [1.54, 1.807) is 0 Å². The molecule has 0 amide bonds. The van der Waals surface area contributed by atoms with Gasteiger partial charge in [-0.3, -0.25) is 0 Å². The van der Waals surface area contributed by atoms with E-state index in [0.29, 0.717) is 12.1 Å². The summed E-state index contributed by atoms with van der Waals surface area (Å²) in [5, 5.41) is 0.328. The van der Waals surface area contributed by atoms with E-state index in [9.17, 15) is 17.2 Å². The van der Waals surface area contributed by atoms with E-state index in [4.69, 9.17) is 27.4 Å². The third-order valence-corrected chi connectivity index (χ3v) is 4.26. The highest BCUT2D eigenvalue weighted by atomic mass is 35.5. The Bertz CT molecular complexity index is 763. The predicted molar refractivity (Wildman–Crippen MR) is 70.6 cm³/mol. The molecule has 3 nitrogen and oxygen atoms in total. The summed E-state index contributed by atoms with van der Waals surface area (Å²) in [5.74, 6) is -2.54. The van der Waals surface area contributed by atoms with Gasteiger partial charge in [-0.25, -0.2) is 8.78 Å². The minimum absolute atomic E-state index is 0.0934. The first-order valence-corrected chi connectivity index (χ1v) is 7.30. The molecule has 0 radical (unpaired) electrons. The zero-order chi connectivity index (χ0) is 14.9. The molecule has 0 bridgehead atoms. The Labute approximate surface area is 123 Å². The van der Waals surface area contributed by atoms with E-state index in [1.165, 1.54) is 18.2 Å². The predicted octanol–water partition coefficient (Wildman–Crippen LogP) is 4.04. The van der Waals surface area contributed by atoms with Gasteiger partial charge in [-0.05, 0) is 30.3 Å². The second kappa shape index (κ2) is 5.55. The molecule has 8 heteroatoms. The molecule has 0 N–H and O–H groups in total. The Morgan fingerprint density at radius 3 is 2.20 bits per heavy atom. The van der Waals surface area contributed by atoms with Gasteiger partial charge in [0.2, 0.25) is 0 Å². The standard InChI is InChI=1S/C12H6Cl2F2O3S/c13-9-3-1-7(5-10(9)14)19-20(17,18)8-2-4-11(15)12(16)6-8/h1-6H. The van der Waals surface area contributed by atoms with Crippen molar-refractivity contribution in [1.29, 1.82) is 0 Å². The second-order valence-electron chi connectivity index (χ2n) is 3.69. The molecule has 2 aromatic rings. The van der Waals surface area contributed by atoms with Crippen molar-refractivity contribution in [3.05, 3.63) is 58.1 Å². The van der Waals surface area contributed by atoms with Crippen LogP contribution in [0.3, 0.4) is 0 Å². The van der Waals surface area contributed by atoms with Crippen molar-refractivity contribution in [3.8, 4) is 5.75 Å². The second-order valence-corrected chi connectivity index (χ2v) is 6.05. The summed E-state index contributed by atoms with van der Waals surface area (Å²) in [7, 11) is -4.29. The summed E-state index contributed by atoms with van der Waals surface area (Å²) in [5.41, 5.74) is 0. The maximum atomic E-state index is 13.0. The van der Waals surface area contributed by atoms with Gasteiger partial charge in [0.15, 0.2) is 11.6 Å². The Morgan fingerprint density at radius 2 is 1.60 bits per heavy atom. The monoisotopic (exact) mass is 338 g/mol. The van der Waals surface area contributed by atoms with E-state index >= 15 is 0 Å². The molecule has 0 atom stereocenters. The van der Waals surface area contributed by atoms with Crippen molar-refractivity contribution < 1.29 is 21.4 Å². The van der Waals surface area contributed by atoms with Crippen molar-refractivity contribution in [2.24, 2.45) is 0 Å². The van der Waals surface area contributed by atoms with E-state index < -0.39 is 26.6 Å². The Morgan fingerprint density at radius 1 is 0.900 bits per heavy atom. The number of hydrogen-bond donors (Lipinski definition) is 0. The van der Waals surface area contributed by atoms with Crippen molar-refractivity contribution in [3.63, 3.8) is 0 Å². The number of hydrogen-bond acceptors (Lipinski definition) is 3. The molecule has 2 rings (SSSR count). The van der Waals surface area contributed by atoms with Gasteiger partial charge in [-0.2, -0.15) is 8.42 Å². The lowest BCUT2D eigenvalue weighted by molar-refractivity contribution is 0.479. The van der Waals surface area contributed by atoms with Gasteiger partial charge in [-0.1, -0.05) is 23.2 Å². The third kappa shape index (κ3) is 3.20. The quantitative estimate of drug-likeness (QED) is 0.793. The minimum Gasteiger partial charge on any atom is -0.379 e. The smallest absolute Gasteiger partial charge is 0.339 e. The highest BCUT2D eigenvalue weighted by Crippen LogP contribution is 2.28. The first kappa shape index (κ1) is 15.0. The van der Waals surface area contributed by atoms with Crippen LogP contribution < -0.4 is 4.18 Å². The van der Waals surface area contributed by atoms with Crippen LogP contribution in [0, 0.1) is 11.6 Å². The summed E-state index contributed by atoms with van der Waals surface area (Å²) in [6.45, 7) is 0. The van der Waals surface area contributed by atoms with Gasteiger partial charge >= 0.3 is 10.1 Å². The van der Waals surface area contributed by atoms with Crippen LogP contribution in [0.2, 0.25) is 10.0 Å². The summed E-state index contributed by atoms with van der Waals surface area (Å²) < 4.78 is 54.3. The largest absolute Gasteiger partial charge is 0.379 e. The van der Waals surface area contributed by atoms with Crippen molar-refractivity contribution in [2.75, 3.05) is 0 Å². The lowest BCUT2D eigenvalue weighted by Crippen LogP contribution is -2.10. The molecular weight excluding hydrogens is 333 g/mol. The summed E-state index contributed by atoms with van der Waals surface area (Å²) in [6.07, 6.45) is 0. The average Bonchev–Trinajstić information content (AvgIpc) is 2.37. The molecule has 0 aliphatic rings. The molecule has 2 aromatic carbocycles. The van der Waals surface area contributed by atoms with Gasteiger partial charge in [0.05, 0.1) is 10.0 Å². The molecular formula is C12H6Cl2F2O3S. The average molecular weight is 339 g/mol. The van der Waals surface area contributed by atoms with Crippen LogP contribution in [-0.4, -0.2) is 8.42 Å². The molecule has 0 fully saturated rings. The zero-order valence-electron chi connectivity index (χ0n) is 9.61. The minimum atomic E-state index is -4.29.